The van der Waals surface area contributed by atoms with Gasteiger partial charge in [-0.1, -0.05) is 253 Å². The Balaban J connectivity index is 0.000000159. The molecule has 11 aromatic rings. The summed E-state index contributed by atoms with van der Waals surface area (Å²) in [4.78, 5) is 0. The molecule has 3 fully saturated rings. The van der Waals surface area contributed by atoms with Crippen LogP contribution in [-0.2, 0) is 12.2 Å². The van der Waals surface area contributed by atoms with Crippen LogP contribution in [0.5, 0.6) is 11.5 Å². The second kappa shape index (κ2) is 35.9. The molecule has 564 valence electrons. The number of halogens is 12. The minimum atomic E-state index is -4.64. The third-order valence-corrected chi connectivity index (χ3v) is 21.2. The summed E-state index contributed by atoms with van der Waals surface area (Å²) in [5.74, 6) is -7.74. The average molecular weight is 1480 g/mol. The smallest absolute Gasteiger partial charge is 0.429 e. The molecule has 0 unspecified atom stereocenters. The van der Waals surface area contributed by atoms with E-state index in [4.69, 9.17) is 0 Å². The second-order valence-corrected chi connectivity index (χ2v) is 29.4. The van der Waals surface area contributed by atoms with Gasteiger partial charge in [-0.25, -0.2) is 35.1 Å². The van der Waals surface area contributed by atoms with E-state index in [1.165, 1.54) is 118 Å². The molecule has 11 aromatic carbocycles. The molecule has 3 aliphatic rings. The maximum atomic E-state index is 14.7. The highest BCUT2D eigenvalue weighted by atomic mass is 19.3. The van der Waals surface area contributed by atoms with E-state index in [-0.39, 0.29) is 36.5 Å². The molecule has 14 rings (SSSR count). The maximum Gasteiger partial charge on any atom is 0.432 e. The Hall–Kier alpha value is -9.82. The molecule has 14 heteroatoms. The van der Waals surface area contributed by atoms with Crippen LogP contribution < -0.4 is 9.47 Å². The number of ether oxygens (including phenoxy) is 2. The minimum absolute atomic E-state index is 0. The Morgan fingerprint density at radius 2 is 0.556 bits per heavy atom. The van der Waals surface area contributed by atoms with E-state index in [9.17, 15) is 52.7 Å². The van der Waals surface area contributed by atoms with E-state index in [0.717, 1.165) is 80.3 Å². The quantitative estimate of drug-likeness (QED) is 0.0798. The van der Waals surface area contributed by atoms with Crippen molar-refractivity contribution in [2.24, 2.45) is 17.8 Å². The van der Waals surface area contributed by atoms with Gasteiger partial charge in [-0.15, -0.1) is 0 Å². The lowest BCUT2D eigenvalue weighted by Crippen LogP contribution is -2.25. The second-order valence-electron chi connectivity index (χ2n) is 29.4. The van der Waals surface area contributed by atoms with Crippen molar-refractivity contribution in [3.05, 3.63) is 321 Å². The number of benzene rings is 11. The zero-order valence-electron chi connectivity index (χ0n) is 61.2. The van der Waals surface area contributed by atoms with Crippen LogP contribution in [0.15, 0.2) is 224 Å². The van der Waals surface area contributed by atoms with Crippen molar-refractivity contribution in [1.82, 2.24) is 0 Å². The van der Waals surface area contributed by atoms with Crippen LogP contribution in [0.4, 0.5) is 52.7 Å². The molecule has 0 aromatic heterocycles. The number of hydrogen-bond donors (Lipinski definition) is 0. The number of aryl methyl sites for hydroxylation is 3. The molecule has 108 heavy (non-hydrogen) atoms. The highest BCUT2D eigenvalue weighted by Crippen LogP contribution is 2.43. The van der Waals surface area contributed by atoms with Crippen LogP contribution >= 0.6 is 0 Å². The summed E-state index contributed by atoms with van der Waals surface area (Å²) in [6, 6.07) is 63.0. The molecule has 0 radical (unpaired) electrons. The molecule has 2 nitrogen and oxygen atoms in total. The standard InChI is InChI=1S/C27H26F4O.C26H15F7O.C26H27F.C14H20.CH4/c1-17-3-5-19(6-4-17)20-7-9-21(10-8-20)22-11-13-23(14-12-22)27(30,31)32-24-15-25(28)18(2)26(29)16-24;1-14-2-4-15(5-3-14)16-6-8-17(9-7-16)18-10-20(27)24(21(28)11-18)26(32,33)34-19-12-22(29)25(31)23(30)13-19;1-18-3-7-20(8-4-18)21-11-13-22(14-12-21)24-15-16-25(26(27)17-24)23-9-5-19(2)6-10-23;1-11-3-7-13(8-4-11)14-9-5-12(2)6-10-14;/h7-17,19H,3-6H2,1-2H3;2-13H,1H3;5-6,9-18,20H,3-4,7-8H2,1-2H3;3-4,7-8,12,14H,5-6,9-10H2,1-2H3;1H4. The Morgan fingerprint density at radius 3 is 0.935 bits per heavy atom. The van der Waals surface area contributed by atoms with Gasteiger partial charge in [0.15, 0.2) is 17.5 Å². The molecule has 0 amide bonds. The van der Waals surface area contributed by atoms with E-state index in [1.54, 1.807) is 48.0 Å². The summed E-state index contributed by atoms with van der Waals surface area (Å²) in [7, 11) is 0. The van der Waals surface area contributed by atoms with Crippen LogP contribution in [0.3, 0.4) is 0 Å². The first-order valence-corrected chi connectivity index (χ1v) is 36.8. The van der Waals surface area contributed by atoms with Crippen molar-refractivity contribution in [3.63, 3.8) is 0 Å². The molecule has 0 bridgehead atoms. The Morgan fingerprint density at radius 1 is 0.278 bits per heavy atom. The number of alkyl halides is 4. The SMILES string of the molecule is C.Cc1c(F)cc(OC(F)(F)c2ccc(-c3ccc(C4CCC(C)CC4)cc3)cc2)cc1F.Cc1ccc(-c2ccc(-c3cc(F)c(C(F)(F)Oc4cc(F)c(F)c(F)c4)c(F)c3)cc2)cc1.Cc1ccc(-c2ccc(-c3ccc(C4CCC(C)CC4)cc3)cc2F)cc1.Cc1ccc(C2CCC(C)CC2)cc1. The first kappa shape index (κ1) is 80.7. The van der Waals surface area contributed by atoms with Crippen molar-refractivity contribution in [2.45, 2.75) is 163 Å². The predicted octanol–water partition coefficient (Wildman–Crippen LogP) is 29.2. The van der Waals surface area contributed by atoms with Crippen molar-refractivity contribution < 1.29 is 62.2 Å². The van der Waals surface area contributed by atoms with E-state index in [1.807, 2.05) is 86.6 Å². The lowest BCUT2D eigenvalue weighted by molar-refractivity contribution is -0.189. The molecule has 3 aliphatic carbocycles. The van der Waals surface area contributed by atoms with Crippen LogP contribution in [0.2, 0.25) is 0 Å². The predicted molar refractivity (Wildman–Crippen MR) is 411 cm³/mol. The van der Waals surface area contributed by atoms with Crippen LogP contribution in [0.25, 0.3) is 55.6 Å². The van der Waals surface area contributed by atoms with Gasteiger partial charge in [-0.3, -0.25) is 0 Å². The van der Waals surface area contributed by atoms with Gasteiger partial charge < -0.3 is 9.47 Å². The van der Waals surface area contributed by atoms with Crippen molar-refractivity contribution in [2.75, 3.05) is 0 Å². The highest BCUT2D eigenvalue weighted by molar-refractivity contribution is 5.73. The summed E-state index contributed by atoms with van der Waals surface area (Å²) in [5.41, 5.74) is 13.1. The molecule has 0 aliphatic heterocycles. The van der Waals surface area contributed by atoms with Gasteiger partial charge in [-0.2, -0.15) is 17.6 Å². The van der Waals surface area contributed by atoms with Gasteiger partial charge in [0, 0.05) is 35.4 Å². The lowest BCUT2D eigenvalue weighted by atomic mass is 9.79. The molecule has 3 saturated carbocycles. The van der Waals surface area contributed by atoms with Crippen LogP contribution in [0, 0.1) is 92.0 Å². The highest BCUT2D eigenvalue weighted by Gasteiger charge is 2.42. The number of rotatable bonds is 14. The molecule has 0 saturated heterocycles. The summed E-state index contributed by atoms with van der Waals surface area (Å²) < 4.78 is 178. The third-order valence-electron chi connectivity index (χ3n) is 21.2. The fourth-order valence-electron chi connectivity index (χ4n) is 14.3. The van der Waals surface area contributed by atoms with Crippen LogP contribution in [0.1, 0.15) is 173 Å². The topological polar surface area (TPSA) is 18.5 Å². The average Bonchev–Trinajstić information content (AvgIpc) is 0.776. The van der Waals surface area contributed by atoms with Gasteiger partial charge in [0.2, 0.25) is 0 Å². The summed E-state index contributed by atoms with van der Waals surface area (Å²) >= 11 is 0. The largest absolute Gasteiger partial charge is 0.432 e. The monoisotopic (exact) mass is 1480 g/mol. The summed E-state index contributed by atoms with van der Waals surface area (Å²) in [5, 5.41) is 0. The number of hydrogen-bond acceptors (Lipinski definition) is 2. The van der Waals surface area contributed by atoms with Gasteiger partial charge in [0.1, 0.15) is 46.1 Å². The Kier molecular flexibility index (Phi) is 26.9. The molecule has 0 heterocycles. The first-order chi connectivity index (χ1) is 51.1. The van der Waals surface area contributed by atoms with Gasteiger partial charge in [-0.05, 0) is 199 Å². The van der Waals surface area contributed by atoms with E-state index in [0.29, 0.717) is 35.1 Å². The van der Waals surface area contributed by atoms with Crippen molar-refractivity contribution in [1.29, 1.82) is 0 Å². The summed E-state index contributed by atoms with van der Waals surface area (Å²) in [6.45, 7) is 14.4. The van der Waals surface area contributed by atoms with Crippen molar-refractivity contribution >= 4 is 0 Å². The Labute approximate surface area is 627 Å². The fourth-order valence-corrected chi connectivity index (χ4v) is 14.3. The first-order valence-electron chi connectivity index (χ1n) is 36.8. The molecular weight excluding hydrogens is 1390 g/mol. The Bertz CT molecular complexity index is 4680. The summed E-state index contributed by atoms with van der Waals surface area (Å²) in [6.07, 6.45) is 7.42. The third kappa shape index (κ3) is 20.7. The lowest BCUT2D eigenvalue weighted by Gasteiger charge is -2.26. The van der Waals surface area contributed by atoms with Crippen LogP contribution in [-0.4, -0.2) is 0 Å². The fraction of sp³-hybridized carbons (Fsp3) is 0.298. The van der Waals surface area contributed by atoms with E-state index < -0.39 is 75.6 Å². The maximum absolute atomic E-state index is 14.7. The van der Waals surface area contributed by atoms with Gasteiger partial charge >= 0.3 is 12.2 Å². The van der Waals surface area contributed by atoms with Crippen molar-refractivity contribution in [3.8, 4) is 67.1 Å². The molecular formula is C94H92F12O2. The van der Waals surface area contributed by atoms with Gasteiger partial charge in [0.05, 0.1) is 5.56 Å². The molecule has 0 atom stereocenters. The minimum Gasteiger partial charge on any atom is -0.429 e. The normalized spacial score (nSPS) is 17.8. The van der Waals surface area contributed by atoms with Gasteiger partial charge in [0.25, 0.3) is 0 Å². The molecule has 0 spiro atoms. The molecule has 0 N–H and O–H groups in total. The van der Waals surface area contributed by atoms with E-state index in [2.05, 4.69) is 97.8 Å². The van der Waals surface area contributed by atoms with E-state index >= 15 is 0 Å². The zero-order valence-corrected chi connectivity index (χ0v) is 61.2. The zero-order chi connectivity index (χ0) is 76.3.